The van der Waals surface area contributed by atoms with E-state index in [2.05, 4.69) is 32.2 Å². The van der Waals surface area contributed by atoms with Gasteiger partial charge in [0.25, 0.3) is 15.9 Å². The molecule has 3 saturated carbocycles. The topological polar surface area (TPSA) is 184 Å². The maximum atomic E-state index is 14.6. The lowest BCUT2D eigenvalue weighted by atomic mass is 9.70. The highest BCUT2D eigenvalue weighted by Crippen LogP contribution is 2.65. The fourth-order valence-corrected chi connectivity index (χ4v) is 10.3. The minimum atomic E-state index is -4.14. The Morgan fingerprint density at radius 3 is 2.31 bits per heavy atom. The zero-order valence-corrected chi connectivity index (χ0v) is 32.3. The van der Waals surface area contributed by atoms with Gasteiger partial charge in [0.2, 0.25) is 27.8 Å². The summed E-state index contributed by atoms with van der Waals surface area (Å²) in [6, 6.07) is -4.22. The molecule has 4 N–H and O–H groups in total. The van der Waals surface area contributed by atoms with E-state index >= 15 is 0 Å². The van der Waals surface area contributed by atoms with Gasteiger partial charge in [-0.1, -0.05) is 79.7 Å². The zero-order valence-electron chi connectivity index (χ0n) is 30.6. The molecule has 1 unspecified atom stereocenters. The van der Waals surface area contributed by atoms with Crippen molar-refractivity contribution < 1.29 is 32.4 Å². The summed E-state index contributed by atoms with van der Waals surface area (Å²) in [6.07, 6.45) is 8.92. The van der Waals surface area contributed by atoms with E-state index in [1.807, 2.05) is 41.5 Å². The van der Waals surface area contributed by atoms with Gasteiger partial charge in [0.1, 0.15) is 18.1 Å². The van der Waals surface area contributed by atoms with Crippen LogP contribution in [0, 0.1) is 34.0 Å². The number of nitrogens with one attached hydrogen (secondary N) is 4. The van der Waals surface area contributed by atoms with Crippen molar-refractivity contribution in [1.29, 1.82) is 0 Å². The number of rotatable bonds is 15. The summed E-state index contributed by atoms with van der Waals surface area (Å²) >= 11 is 0.954. The number of thiazole rings is 1. The Labute approximate surface area is 305 Å². The summed E-state index contributed by atoms with van der Waals surface area (Å²) < 4.78 is 29.3. The number of hydrogen-bond acceptors (Lipinski definition) is 9. The molecule has 6 atom stereocenters. The Hall–Kier alpha value is -3.17. The normalized spacial score (nSPS) is 25.5. The average molecular weight is 747 g/mol. The fourth-order valence-electron chi connectivity index (χ4n) is 8.15. The molecule has 2 heterocycles. The number of sulfonamides is 1. The molecule has 4 aliphatic rings. The minimum Gasteiger partial charge on any atom is -0.346 e. The molecule has 13 nitrogen and oxygen atoms in total. The van der Waals surface area contributed by atoms with Crippen LogP contribution in [0.1, 0.15) is 92.9 Å². The van der Waals surface area contributed by atoms with Crippen LogP contribution in [0.4, 0.5) is 0 Å². The molecule has 0 bridgehead atoms. The lowest BCUT2D eigenvalue weighted by Gasteiger charge is -2.42. The molecular formula is C36H54N6O7S2. The van der Waals surface area contributed by atoms with Gasteiger partial charge in [-0.2, -0.15) is 4.72 Å². The molecule has 3 aliphatic carbocycles. The molecule has 1 aliphatic heterocycles. The molecule has 15 heteroatoms. The van der Waals surface area contributed by atoms with Gasteiger partial charge in [-0.3, -0.25) is 24.0 Å². The predicted molar refractivity (Wildman–Crippen MR) is 193 cm³/mol. The average Bonchev–Trinajstić information content (AvgIpc) is 3.74. The minimum absolute atomic E-state index is 0.0287. The first kappa shape index (κ1) is 39.0. The molecule has 282 valence electrons. The van der Waals surface area contributed by atoms with E-state index in [1.165, 1.54) is 17.2 Å². The van der Waals surface area contributed by atoms with Crippen LogP contribution < -0.4 is 20.7 Å². The van der Waals surface area contributed by atoms with E-state index in [-0.39, 0.29) is 40.6 Å². The summed E-state index contributed by atoms with van der Waals surface area (Å²) in [5.41, 5.74) is -1.76. The Bertz CT molecular complexity index is 1630. The van der Waals surface area contributed by atoms with Crippen molar-refractivity contribution >= 4 is 50.8 Å². The van der Waals surface area contributed by atoms with Crippen molar-refractivity contribution in [3.8, 4) is 0 Å². The largest absolute Gasteiger partial charge is 0.346 e. The van der Waals surface area contributed by atoms with E-state index in [9.17, 15) is 32.4 Å². The standard InChI is InChI=1S/C36H54N6O7S2/c1-8-16-37-30(45)26(43)23(19-21-12-13-21)39-29(44)25-24-22(35(24,5)6)20-42(25)32(47)28(34(2,3)4)40-31(46)27(36(7)14-10-9-11-15-36)41-51(48,49)33-38-17-18-50-33/h8,17-18,21-25,27-28,41H,1,9-16,19-20H2,2-7H3,(H,37,45)(H,39,44)(H,40,46)/t22-,23?,24-,25-,27+,28+/m0/s1. The van der Waals surface area contributed by atoms with Crippen LogP contribution in [0.5, 0.6) is 0 Å². The number of likely N-dealkylation sites (tertiary alicyclic amines) is 1. The van der Waals surface area contributed by atoms with Crippen molar-refractivity contribution in [3.05, 3.63) is 24.2 Å². The molecule has 5 rings (SSSR count). The van der Waals surface area contributed by atoms with Crippen LogP contribution in [0.2, 0.25) is 0 Å². The van der Waals surface area contributed by atoms with Gasteiger partial charge in [0, 0.05) is 24.7 Å². The Morgan fingerprint density at radius 2 is 1.75 bits per heavy atom. The second-order valence-corrected chi connectivity index (χ2v) is 19.6. The Kier molecular flexibility index (Phi) is 11.2. The molecule has 1 aromatic rings. The second-order valence-electron chi connectivity index (χ2n) is 16.9. The molecule has 4 fully saturated rings. The van der Waals surface area contributed by atoms with Crippen LogP contribution in [0.25, 0.3) is 0 Å². The lowest BCUT2D eigenvalue weighted by Crippen LogP contribution is -2.64. The molecule has 0 spiro atoms. The highest BCUT2D eigenvalue weighted by molar-refractivity contribution is 7.91. The van der Waals surface area contributed by atoms with Crippen molar-refractivity contribution in [3.63, 3.8) is 0 Å². The van der Waals surface area contributed by atoms with Crippen molar-refractivity contribution in [1.82, 2.24) is 30.6 Å². The van der Waals surface area contributed by atoms with E-state index in [4.69, 9.17) is 0 Å². The smallest absolute Gasteiger partial charge is 0.289 e. The molecule has 1 saturated heterocycles. The number of carbonyl (C=O) groups excluding carboxylic acids is 5. The third kappa shape index (κ3) is 8.40. The SMILES string of the molecule is C=CCNC(=O)C(=O)C(CC1CC1)NC(=O)[C@@H]1[C@@H]2[C@H](CN1C(=O)[C@@H](NC(=O)[C@@H](NS(=O)(=O)c1nccs1)C1(C)CCCCC1)C(C)(C)C)C2(C)C. The van der Waals surface area contributed by atoms with E-state index in [0.717, 1.165) is 43.4 Å². The van der Waals surface area contributed by atoms with E-state index < -0.39 is 74.4 Å². The Morgan fingerprint density at radius 1 is 1.08 bits per heavy atom. The van der Waals surface area contributed by atoms with Crippen LogP contribution >= 0.6 is 11.3 Å². The van der Waals surface area contributed by atoms with Gasteiger partial charge >= 0.3 is 0 Å². The zero-order chi connectivity index (χ0) is 37.5. The maximum Gasteiger partial charge on any atom is 0.289 e. The summed E-state index contributed by atoms with van der Waals surface area (Å²) in [5.74, 6) is -3.02. The first-order chi connectivity index (χ1) is 23.8. The monoisotopic (exact) mass is 746 g/mol. The van der Waals surface area contributed by atoms with Crippen LogP contribution in [0.15, 0.2) is 28.6 Å². The summed E-state index contributed by atoms with van der Waals surface area (Å²) in [4.78, 5) is 74.5. The summed E-state index contributed by atoms with van der Waals surface area (Å²) in [6.45, 7) is 15.4. The molecule has 51 heavy (non-hydrogen) atoms. The van der Waals surface area contributed by atoms with Crippen molar-refractivity contribution in [2.24, 2.45) is 34.0 Å². The summed E-state index contributed by atoms with van der Waals surface area (Å²) in [7, 11) is -4.14. The lowest BCUT2D eigenvalue weighted by molar-refractivity contribution is -0.147. The molecular weight excluding hydrogens is 693 g/mol. The third-order valence-corrected chi connectivity index (χ3v) is 14.2. The van der Waals surface area contributed by atoms with Gasteiger partial charge in [-0.05, 0) is 53.3 Å². The van der Waals surface area contributed by atoms with Gasteiger partial charge < -0.3 is 20.9 Å². The number of ketones is 1. The van der Waals surface area contributed by atoms with Gasteiger partial charge in [-0.15, -0.1) is 17.9 Å². The Balaban J connectivity index is 1.40. The van der Waals surface area contributed by atoms with Crippen LogP contribution in [-0.4, -0.2) is 85.0 Å². The van der Waals surface area contributed by atoms with Crippen molar-refractivity contribution in [2.75, 3.05) is 13.1 Å². The number of aromatic nitrogens is 1. The first-order valence-corrected chi connectivity index (χ1v) is 20.4. The molecule has 0 radical (unpaired) electrons. The van der Waals surface area contributed by atoms with E-state index in [0.29, 0.717) is 19.3 Å². The first-order valence-electron chi connectivity index (χ1n) is 18.1. The second kappa shape index (κ2) is 14.7. The van der Waals surface area contributed by atoms with E-state index in [1.54, 1.807) is 5.38 Å². The number of fused-ring (bicyclic) bond motifs is 1. The number of nitrogens with zero attached hydrogens (tertiary/aromatic N) is 2. The number of Topliss-reactive ketones (excluding diaryl/α,β-unsaturated/α-hetero) is 1. The highest BCUT2D eigenvalue weighted by Gasteiger charge is 2.70. The molecule has 4 amide bonds. The predicted octanol–water partition coefficient (Wildman–Crippen LogP) is 2.93. The third-order valence-electron chi connectivity index (χ3n) is 11.6. The number of amides is 4. The number of carbonyl (C=O) groups is 5. The quantitative estimate of drug-likeness (QED) is 0.156. The van der Waals surface area contributed by atoms with Gasteiger partial charge in [-0.25, -0.2) is 13.4 Å². The van der Waals surface area contributed by atoms with Gasteiger partial charge in [0.15, 0.2) is 0 Å². The highest BCUT2D eigenvalue weighted by atomic mass is 32.2. The van der Waals surface area contributed by atoms with Crippen LogP contribution in [-0.2, 0) is 34.0 Å². The molecule has 1 aromatic heterocycles. The molecule has 0 aromatic carbocycles. The van der Waals surface area contributed by atoms with Crippen LogP contribution in [0.3, 0.4) is 0 Å². The summed E-state index contributed by atoms with van der Waals surface area (Å²) in [5, 5.41) is 9.85. The maximum absolute atomic E-state index is 14.6. The fraction of sp³-hybridized carbons (Fsp3) is 0.722. The van der Waals surface area contributed by atoms with Crippen molar-refractivity contribution in [2.45, 2.75) is 121 Å². The van der Waals surface area contributed by atoms with Gasteiger partial charge in [0.05, 0.1) is 6.04 Å². The number of piperidine rings is 1. The number of hydrogen-bond donors (Lipinski definition) is 4.